The van der Waals surface area contributed by atoms with Crippen LogP contribution in [-0.4, -0.2) is 44.9 Å². The summed E-state index contributed by atoms with van der Waals surface area (Å²) in [5.41, 5.74) is 0. The number of hydrogen-bond acceptors (Lipinski definition) is 6. The van der Waals surface area contributed by atoms with Gasteiger partial charge in [0, 0.05) is 18.0 Å². The summed E-state index contributed by atoms with van der Waals surface area (Å²) in [6.07, 6.45) is 3.83. The Balaban J connectivity index is 1.84. The van der Waals surface area contributed by atoms with Crippen molar-refractivity contribution in [3.8, 4) is 0 Å². The molecule has 1 saturated heterocycles. The number of hydrogen-bond donors (Lipinski definition) is 1. The van der Waals surface area contributed by atoms with Crippen LogP contribution in [0.1, 0.15) is 19.8 Å². The molecule has 0 saturated carbocycles. The zero-order valence-corrected chi connectivity index (χ0v) is 12.1. The molecule has 3 rings (SSSR count). The molecule has 2 aromatic rings. The number of nitro groups is 1. The fraction of sp³-hybridized carbons (Fsp3) is 0.583. The monoisotopic (exact) mass is 295 g/mol. The fourth-order valence-corrected chi connectivity index (χ4v) is 3.41. The van der Waals surface area contributed by atoms with Gasteiger partial charge >= 0.3 is 5.82 Å². The van der Waals surface area contributed by atoms with Crippen LogP contribution in [0.2, 0.25) is 0 Å². The van der Waals surface area contributed by atoms with Crippen LogP contribution in [0.4, 0.5) is 11.6 Å². The van der Waals surface area contributed by atoms with E-state index in [0.717, 1.165) is 32.5 Å². The lowest BCUT2D eigenvalue weighted by Gasteiger charge is -2.32. The van der Waals surface area contributed by atoms with Gasteiger partial charge in [0.05, 0.1) is 0 Å². The van der Waals surface area contributed by atoms with Crippen LogP contribution in [0.25, 0.3) is 4.96 Å². The molecule has 1 aliphatic heterocycles. The van der Waals surface area contributed by atoms with Gasteiger partial charge in [-0.2, -0.15) is 9.38 Å². The van der Waals surface area contributed by atoms with Gasteiger partial charge in [0.1, 0.15) is 6.20 Å². The van der Waals surface area contributed by atoms with E-state index in [2.05, 4.69) is 22.1 Å². The van der Waals surface area contributed by atoms with Gasteiger partial charge < -0.3 is 20.3 Å². The molecule has 0 amide bonds. The van der Waals surface area contributed by atoms with Crippen molar-refractivity contribution in [2.45, 2.75) is 25.8 Å². The first-order chi connectivity index (χ1) is 9.69. The van der Waals surface area contributed by atoms with E-state index >= 15 is 0 Å². The Hall–Kier alpha value is -1.67. The van der Waals surface area contributed by atoms with Crippen LogP contribution in [0.5, 0.6) is 0 Å². The van der Waals surface area contributed by atoms with Crippen LogP contribution in [0.3, 0.4) is 0 Å². The molecule has 0 spiro atoms. The van der Waals surface area contributed by atoms with Gasteiger partial charge in [-0.25, -0.2) is 0 Å². The van der Waals surface area contributed by atoms with Crippen molar-refractivity contribution in [3.63, 3.8) is 0 Å². The average Bonchev–Trinajstić information content (AvgIpc) is 2.98. The standard InChI is InChI=1S/C12H17N5O2S/c1-2-15-5-3-4-9(8-15)13-10-11(17(18)19)16-6-7-20-12(16)14-10/h6-7,9,13H,2-5,8H2,1H3. The second-order valence-corrected chi connectivity index (χ2v) is 5.85. The number of piperidine rings is 1. The Kier molecular flexibility index (Phi) is 3.58. The lowest BCUT2D eigenvalue weighted by atomic mass is 10.1. The predicted molar refractivity (Wildman–Crippen MR) is 78.5 cm³/mol. The molecule has 7 nitrogen and oxygen atoms in total. The summed E-state index contributed by atoms with van der Waals surface area (Å²) in [5, 5.41) is 16.3. The maximum Gasteiger partial charge on any atom is 0.372 e. The molecule has 3 heterocycles. The molecule has 1 aliphatic rings. The van der Waals surface area contributed by atoms with Crippen molar-refractivity contribution in [3.05, 3.63) is 21.7 Å². The second kappa shape index (κ2) is 5.37. The Morgan fingerprint density at radius 3 is 3.25 bits per heavy atom. The van der Waals surface area contributed by atoms with Gasteiger partial charge in [-0.1, -0.05) is 18.3 Å². The van der Waals surface area contributed by atoms with E-state index in [1.54, 1.807) is 11.6 Å². The first-order valence-electron chi connectivity index (χ1n) is 6.78. The Morgan fingerprint density at radius 1 is 1.65 bits per heavy atom. The van der Waals surface area contributed by atoms with Crippen LogP contribution >= 0.6 is 11.3 Å². The highest BCUT2D eigenvalue weighted by atomic mass is 32.1. The van der Waals surface area contributed by atoms with Gasteiger partial charge in [-0.05, 0) is 30.9 Å². The maximum atomic E-state index is 11.3. The quantitative estimate of drug-likeness (QED) is 0.691. The number of likely N-dealkylation sites (tertiary alicyclic amines) is 1. The van der Waals surface area contributed by atoms with E-state index in [4.69, 9.17) is 0 Å². The number of likely N-dealkylation sites (N-methyl/N-ethyl adjacent to an activating group) is 1. The van der Waals surface area contributed by atoms with Crippen LogP contribution in [0, 0.1) is 10.1 Å². The highest BCUT2D eigenvalue weighted by molar-refractivity contribution is 7.15. The first kappa shape index (κ1) is 13.3. The SMILES string of the molecule is CCN1CCCC(Nc2nc3sccn3c2[N+](=O)[O-])C1. The zero-order chi connectivity index (χ0) is 14.1. The molecular weight excluding hydrogens is 278 g/mol. The summed E-state index contributed by atoms with van der Waals surface area (Å²) < 4.78 is 1.54. The van der Waals surface area contributed by atoms with Crippen molar-refractivity contribution >= 4 is 27.9 Å². The molecule has 0 bridgehead atoms. The van der Waals surface area contributed by atoms with E-state index in [1.807, 2.05) is 0 Å². The summed E-state index contributed by atoms with van der Waals surface area (Å²) in [4.78, 5) is 18.2. The van der Waals surface area contributed by atoms with Crippen molar-refractivity contribution in [1.82, 2.24) is 14.3 Å². The summed E-state index contributed by atoms with van der Waals surface area (Å²) in [6.45, 7) is 5.17. The van der Waals surface area contributed by atoms with E-state index in [0.29, 0.717) is 10.8 Å². The number of thiazole rings is 1. The molecule has 108 valence electrons. The van der Waals surface area contributed by atoms with Crippen LogP contribution < -0.4 is 5.32 Å². The summed E-state index contributed by atoms with van der Waals surface area (Å²) in [5.74, 6) is 0.430. The fourth-order valence-electron chi connectivity index (χ4n) is 2.70. The number of nitrogens with zero attached hydrogens (tertiary/aromatic N) is 4. The van der Waals surface area contributed by atoms with Crippen LogP contribution in [-0.2, 0) is 0 Å². The molecule has 1 atom stereocenters. The van der Waals surface area contributed by atoms with Crippen molar-refractivity contribution in [2.75, 3.05) is 25.0 Å². The normalized spacial score (nSPS) is 20.4. The molecule has 0 radical (unpaired) electrons. The summed E-state index contributed by atoms with van der Waals surface area (Å²) in [7, 11) is 0. The van der Waals surface area contributed by atoms with Crippen molar-refractivity contribution in [1.29, 1.82) is 0 Å². The summed E-state index contributed by atoms with van der Waals surface area (Å²) in [6, 6.07) is 0.229. The van der Waals surface area contributed by atoms with Gasteiger partial charge in [-0.15, -0.1) is 0 Å². The zero-order valence-electron chi connectivity index (χ0n) is 11.3. The lowest BCUT2D eigenvalue weighted by Crippen LogP contribution is -2.41. The molecule has 0 aliphatic carbocycles. The third kappa shape index (κ3) is 2.36. The largest absolute Gasteiger partial charge is 0.372 e. The number of aromatic nitrogens is 2. The van der Waals surface area contributed by atoms with Gasteiger partial charge in [0.25, 0.3) is 4.96 Å². The molecule has 8 heteroatoms. The average molecular weight is 295 g/mol. The van der Waals surface area contributed by atoms with Crippen molar-refractivity contribution in [2.24, 2.45) is 0 Å². The third-order valence-corrected chi connectivity index (χ3v) is 4.46. The number of nitrogens with one attached hydrogen (secondary N) is 1. The maximum absolute atomic E-state index is 11.3. The Bertz CT molecular complexity index is 622. The number of anilines is 1. The van der Waals surface area contributed by atoms with Gasteiger partial charge in [0.15, 0.2) is 0 Å². The predicted octanol–water partition coefficient (Wildman–Crippen LogP) is 2.20. The van der Waals surface area contributed by atoms with E-state index in [1.165, 1.54) is 15.7 Å². The first-order valence-corrected chi connectivity index (χ1v) is 7.66. The third-order valence-electron chi connectivity index (χ3n) is 3.70. The Labute approximate surface area is 120 Å². The highest BCUT2D eigenvalue weighted by Gasteiger charge is 2.27. The lowest BCUT2D eigenvalue weighted by molar-refractivity contribution is -0.389. The van der Waals surface area contributed by atoms with Crippen molar-refractivity contribution < 1.29 is 4.92 Å². The molecule has 1 N–H and O–H groups in total. The minimum absolute atomic E-state index is 0.0369. The molecule has 0 aromatic carbocycles. The van der Waals surface area contributed by atoms with E-state index < -0.39 is 0 Å². The highest BCUT2D eigenvalue weighted by Crippen LogP contribution is 2.29. The smallest absolute Gasteiger partial charge is 0.359 e. The molecule has 1 unspecified atom stereocenters. The van der Waals surface area contributed by atoms with Gasteiger partial charge in [0.2, 0.25) is 5.82 Å². The minimum atomic E-state index is -0.366. The molecule has 2 aromatic heterocycles. The molecular formula is C12H17N5O2S. The molecule has 20 heavy (non-hydrogen) atoms. The number of fused-ring (bicyclic) bond motifs is 1. The van der Waals surface area contributed by atoms with Crippen LogP contribution in [0.15, 0.2) is 11.6 Å². The van der Waals surface area contributed by atoms with E-state index in [9.17, 15) is 10.1 Å². The second-order valence-electron chi connectivity index (χ2n) is 4.97. The topological polar surface area (TPSA) is 75.7 Å². The molecule has 1 fully saturated rings. The summed E-state index contributed by atoms with van der Waals surface area (Å²) >= 11 is 1.40. The Morgan fingerprint density at radius 2 is 2.50 bits per heavy atom. The number of rotatable bonds is 4. The minimum Gasteiger partial charge on any atom is -0.359 e. The number of imidazole rings is 1. The van der Waals surface area contributed by atoms with Gasteiger partial charge in [-0.3, -0.25) is 0 Å². The van der Waals surface area contributed by atoms with E-state index in [-0.39, 0.29) is 16.8 Å².